The molecule has 1 amide bonds. The van der Waals surface area contributed by atoms with Gasteiger partial charge < -0.3 is 24.6 Å². The number of halogens is 3. The Labute approximate surface area is 183 Å². The average Bonchev–Trinajstić information content (AvgIpc) is 2.79. The van der Waals surface area contributed by atoms with E-state index in [1.165, 1.54) is 6.92 Å². The second-order valence-corrected chi connectivity index (χ2v) is 7.57. The van der Waals surface area contributed by atoms with Crippen molar-refractivity contribution < 1.29 is 27.4 Å². The molecule has 0 spiro atoms. The zero-order valence-electron chi connectivity index (χ0n) is 17.6. The van der Waals surface area contributed by atoms with E-state index >= 15 is 0 Å². The van der Waals surface area contributed by atoms with E-state index in [2.05, 4.69) is 10.3 Å². The Morgan fingerprint density at radius 1 is 0.969 bits per heavy atom. The SMILES string of the molecule is CC(=O)Nc1cc(C(F)(F)F)c(-c2cc(N3CCOCC3)nc(N3CCOCC3)c2)cn1. The molecule has 0 unspecified atom stereocenters. The minimum Gasteiger partial charge on any atom is -0.378 e. The first-order chi connectivity index (χ1) is 15.3. The van der Waals surface area contributed by atoms with Crippen LogP contribution in [0.1, 0.15) is 12.5 Å². The van der Waals surface area contributed by atoms with Gasteiger partial charge in [-0.1, -0.05) is 0 Å². The highest BCUT2D eigenvalue weighted by Crippen LogP contribution is 2.39. The number of alkyl halides is 3. The van der Waals surface area contributed by atoms with Crippen molar-refractivity contribution in [3.05, 3.63) is 30.0 Å². The van der Waals surface area contributed by atoms with Crippen LogP contribution in [-0.4, -0.2) is 68.5 Å². The zero-order valence-corrected chi connectivity index (χ0v) is 17.6. The van der Waals surface area contributed by atoms with E-state index in [0.717, 1.165) is 12.3 Å². The third-order valence-corrected chi connectivity index (χ3v) is 5.29. The van der Waals surface area contributed by atoms with Crippen LogP contribution in [0, 0.1) is 0 Å². The van der Waals surface area contributed by atoms with Crippen molar-refractivity contribution in [1.82, 2.24) is 9.97 Å². The van der Waals surface area contributed by atoms with E-state index in [1.54, 1.807) is 12.1 Å². The molecule has 0 radical (unpaired) electrons. The molecular formula is C21H24F3N5O3. The average molecular weight is 451 g/mol. The van der Waals surface area contributed by atoms with Gasteiger partial charge in [0.15, 0.2) is 0 Å². The Morgan fingerprint density at radius 2 is 1.50 bits per heavy atom. The van der Waals surface area contributed by atoms with Crippen molar-refractivity contribution in [3.63, 3.8) is 0 Å². The molecule has 2 aromatic heterocycles. The third-order valence-electron chi connectivity index (χ3n) is 5.29. The van der Waals surface area contributed by atoms with E-state index in [4.69, 9.17) is 14.5 Å². The summed E-state index contributed by atoms with van der Waals surface area (Å²) in [6.45, 7) is 5.73. The van der Waals surface area contributed by atoms with Crippen molar-refractivity contribution >= 4 is 23.4 Å². The van der Waals surface area contributed by atoms with Crippen LogP contribution < -0.4 is 15.1 Å². The number of rotatable bonds is 4. The lowest BCUT2D eigenvalue weighted by Gasteiger charge is -2.32. The molecule has 172 valence electrons. The number of ether oxygens (including phenoxy) is 2. The Kier molecular flexibility index (Phi) is 6.47. The summed E-state index contributed by atoms with van der Waals surface area (Å²) >= 11 is 0. The number of carbonyl (C=O) groups excluding carboxylic acids is 1. The van der Waals surface area contributed by atoms with Gasteiger partial charge in [0.25, 0.3) is 0 Å². The molecule has 2 aliphatic rings. The number of aromatic nitrogens is 2. The molecule has 2 fully saturated rings. The molecule has 2 saturated heterocycles. The van der Waals surface area contributed by atoms with Gasteiger partial charge in [0.2, 0.25) is 5.91 Å². The Bertz CT molecular complexity index is 937. The lowest BCUT2D eigenvalue weighted by atomic mass is 10.0. The van der Waals surface area contributed by atoms with Gasteiger partial charge in [-0.25, -0.2) is 9.97 Å². The Hall–Kier alpha value is -2.92. The first-order valence-electron chi connectivity index (χ1n) is 10.3. The molecule has 0 bridgehead atoms. The number of carbonyl (C=O) groups is 1. The van der Waals surface area contributed by atoms with Crippen molar-refractivity contribution in [1.29, 1.82) is 0 Å². The minimum atomic E-state index is -4.63. The summed E-state index contributed by atoms with van der Waals surface area (Å²) in [6, 6.07) is 4.17. The first-order valence-corrected chi connectivity index (χ1v) is 10.3. The topological polar surface area (TPSA) is 79.8 Å². The summed E-state index contributed by atoms with van der Waals surface area (Å²) in [5.74, 6) is 0.536. The zero-order chi connectivity index (χ0) is 22.7. The van der Waals surface area contributed by atoms with E-state index in [9.17, 15) is 18.0 Å². The first kappa shape index (κ1) is 22.3. The predicted octanol–water partition coefficient (Wildman–Crippen LogP) is 2.79. The van der Waals surface area contributed by atoms with Gasteiger partial charge in [-0.05, 0) is 23.8 Å². The van der Waals surface area contributed by atoms with E-state index in [-0.39, 0.29) is 11.4 Å². The quantitative estimate of drug-likeness (QED) is 0.766. The lowest BCUT2D eigenvalue weighted by Crippen LogP contribution is -2.39. The van der Waals surface area contributed by atoms with Gasteiger partial charge >= 0.3 is 6.18 Å². The van der Waals surface area contributed by atoms with Gasteiger partial charge in [0, 0.05) is 44.9 Å². The molecule has 0 atom stereocenters. The number of nitrogens with one attached hydrogen (secondary N) is 1. The van der Waals surface area contributed by atoms with Crippen LogP contribution in [0.15, 0.2) is 24.4 Å². The van der Waals surface area contributed by atoms with Crippen LogP contribution in [0.2, 0.25) is 0 Å². The Balaban J connectivity index is 1.81. The summed E-state index contributed by atoms with van der Waals surface area (Å²) in [5, 5.41) is 2.32. The summed E-state index contributed by atoms with van der Waals surface area (Å²) in [4.78, 5) is 24.1. The molecule has 4 rings (SSSR count). The number of amides is 1. The van der Waals surface area contributed by atoms with Crippen LogP contribution in [0.5, 0.6) is 0 Å². The number of hydrogen-bond acceptors (Lipinski definition) is 7. The van der Waals surface area contributed by atoms with Crippen LogP contribution in [0.25, 0.3) is 11.1 Å². The Morgan fingerprint density at radius 3 is 1.97 bits per heavy atom. The van der Waals surface area contributed by atoms with Crippen molar-refractivity contribution in [2.45, 2.75) is 13.1 Å². The summed E-state index contributed by atoms with van der Waals surface area (Å²) in [6.07, 6.45) is -3.48. The molecule has 0 saturated carbocycles. The fraction of sp³-hybridized carbons (Fsp3) is 0.476. The number of pyridine rings is 2. The number of anilines is 3. The van der Waals surface area contributed by atoms with Crippen molar-refractivity contribution in [3.8, 4) is 11.1 Å². The maximum atomic E-state index is 14.0. The monoisotopic (exact) mass is 451 g/mol. The standard InChI is InChI=1S/C21H24F3N5O3/c1-14(30)26-18-12-17(21(22,23)24)16(13-25-18)15-10-19(28-2-6-31-7-3-28)27-20(11-15)29-4-8-32-9-5-29/h10-13H,2-9H2,1H3,(H,25,26,30). The van der Waals surface area contributed by atoms with E-state index in [0.29, 0.717) is 69.8 Å². The van der Waals surface area contributed by atoms with Crippen molar-refractivity contribution in [2.75, 3.05) is 67.7 Å². The molecule has 4 heterocycles. The number of hydrogen-bond donors (Lipinski definition) is 1. The van der Waals surface area contributed by atoms with Crippen LogP contribution in [-0.2, 0) is 20.4 Å². The highest BCUT2D eigenvalue weighted by molar-refractivity contribution is 5.88. The fourth-order valence-electron chi connectivity index (χ4n) is 3.73. The molecule has 0 aliphatic carbocycles. The van der Waals surface area contributed by atoms with Gasteiger partial charge in [0.05, 0.1) is 32.0 Å². The second-order valence-electron chi connectivity index (χ2n) is 7.57. The highest BCUT2D eigenvalue weighted by Gasteiger charge is 2.35. The maximum Gasteiger partial charge on any atom is 0.417 e. The number of morpholine rings is 2. The van der Waals surface area contributed by atoms with Gasteiger partial charge in [0.1, 0.15) is 17.5 Å². The summed E-state index contributed by atoms with van der Waals surface area (Å²) in [7, 11) is 0. The molecule has 2 aliphatic heterocycles. The smallest absolute Gasteiger partial charge is 0.378 e. The third kappa shape index (κ3) is 5.10. The molecule has 8 nitrogen and oxygen atoms in total. The highest BCUT2D eigenvalue weighted by atomic mass is 19.4. The van der Waals surface area contributed by atoms with Crippen LogP contribution >= 0.6 is 0 Å². The summed E-state index contributed by atoms with van der Waals surface area (Å²) in [5.41, 5.74) is -0.585. The minimum absolute atomic E-state index is 0.0713. The molecule has 0 aromatic carbocycles. The molecule has 2 aromatic rings. The lowest BCUT2D eigenvalue weighted by molar-refractivity contribution is -0.137. The summed E-state index contributed by atoms with van der Waals surface area (Å²) < 4.78 is 52.7. The van der Waals surface area contributed by atoms with Crippen LogP contribution in [0.3, 0.4) is 0 Å². The maximum absolute atomic E-state index is 14.0. The molecule has 1 N–H and O–H groups in total. The number of nitrogens with zero attached hydrogens (tertiary/aromatic N) is 4. The van der Waals surface area contributed by atoms with E-state index < -0.39 is 17.6 Å². The molecular weight excluding hydrogens is 427 g/mol. The van der Waals surface area contributed by atoms with Gasteiger partial charge in [-0.15, -0.1) is 0 Å². The van der Waals surface area contributed by atoms with E-state index in [1.807, 2.05) is 9.80 Å². The second kappa shape index (κ2) is 9.29. The largest absolute Gasteiger partial charge is 0.417 e. The van der Waals surface area contributed by atoms with Gasteiger partial charge in [-0.3, -0.25) is 4.79 Å². The van der Waals surface area contributed by atoms with Gasteiger partial charge in [-0.2, -0.15) is 13.2 Å². The van der Waals surface area contributed by atoms with Crippen LogP contribution in [0.4, 0.5) is 30.6 Å². The fourth-order valence-corrected chi connectivity index (χ4v) is 3.73. The molecule has 32 heavy (non-hydrogen) atoms. The molecule has 11 heteroatoms. The normalized spacial score (nSPS) is 17.4. The van der Waals surface area contributed by atoms with Crippen molar-refractivity contribution in [2.24, 2.45) is 0 Å². The predicted molar refractivity (Wildman–Crippen MR) is 113 cm³/mol.